The van der Waals surface area contributed by atoms with E-state index < -0.39 is 17.2 Å². The van der Waals surface area contributed by atoms with Gasteiger partial charge in [-0.05, 0) is 50.4 Å². The van der Waals surface area contributed by atoms with Crippen molar-refractivity contribution >= 4 is 5.71 Å². The number of hydrogen-bond acceptors (Lipinski definition) is 6. The summed E-state index contributed by atoms with van der Waals surface area (Å²) in [6.07, 6.45) is 6.43. The van der Waals surface area contributed by atoms with E-state index in [2.05, 4.69) is 20.0 Å². The van der Waals surface area contributed by atoms with Gasteiger partial charge in [0.1, 0.15) is 35.6 Å². The molecule has 1 fully saturated rings. The maximum absolute atomic E-state index is 14.6. The van der Waals surface area contributed by atoms with Gasteiger partial charge in [0, 0.05) is 30.4 Å². The summed E-state index contributed by atoms with van der Waals surface area (Å²) in [5.41, 5.74) is -0.684. The molecule has 0 saturated carbocycles. The maximum Gasteiger partial charge on any atom is 0.137 e. The fourth-order valence-electron chi connectivity index (χ4n) is 4.25. The van der Waals surface area contributed by atoms with Crippen molar-refractivity contribution in [1.29, 1.82) is 0 Å². The first-order valence-corrected chi connectivity index (χ1v) is 11.9. The Hall–Kier alpha value is -3.17. The van der Waals surface area contributed by atoms with Crippen LogP contribution in [0.25, 0.3) is 0 Å². The van der Waals surface area contributed by atoms with Crippen molar-refractivity contribution < 1.29 is 18.6 Å². The lowest BCUT2D eigenvalue weighted by Crippen LogP contribution is -2.38. The predicted octanol–water partition coefficient (Wildman–Crippen LogP) is 3.84. The number of hydrogen-bond donors (Lipinski definition) is 1. The summed E-state index contributed by atoms with van der Waals surface area (Å²) >= 11 is 0. The van der Waals surface area contributed by atoms with Crippen LogP contribution >= 0.6 is 0 Å². The zero-order chi connectivity index (χ0) is 24.5. The molecule has 186 valence electrons. The van der Waals surface area contributed by atoms with Gasteiger partial charge >= 0.3 is 0 Å². The fourth-order valence-corrected chi connectivity index (χ4v) is 4.25. The van der Waals surface area contributed by atoms with Crippen LogP contribution in [-0.4, -0.2) is 63.3 Å². The Balaban J connectivity index is 1.27. The van der Waals surface area contributed by atoms with Crippen LogP contribution in [0.15, 0.2) is 66.2 Å². The first-order chi connectivity index (χ1) is 17.0. The highest BCUT2D eigenvalue weighted by molar-refractivity contribution is 5.85. The van der Waals surface area contributed by atoms with E-state index in [1.54, 1.807) is 0 Å². The second-order valence-electron chi connectivity index (χ2n) is 8.84. The lowest BCUT2D eigenvalue weighted by Gasteiger charge is -2.30. The minimum atomic E-state index is -1.67. The third-order valence-electron chi connectivity index (χ3n) is 6.20. The molecule has 3 aromatic rings. The molecule has 1 unspecified atom stereocenters. The Bertz CT molecular complexity index is 1080. The zero-order valence-electron chi connectivity index (χ0n) is 19.7. The summed E-state index contributed by atoms with van der Waals surface area (Å²) in [6, 6.07) is 13.0. The quantitative estimate of drug-likeness (QED) is 0.420. The van der Waals surface area contributed by atoms with E-state index in [-0.39, 0.29) is 18.7 Å². The maximum atomic E-state index is 14.6. The van der Waals surface area contributed by atoms with Crippen molar-refractivity contribution in [3.8, 4) is 5.75 Å². The Labute approximate surface area is 204 Å². The van der Waals surface area contributed by atoms with Crippen molar-refractivity contribution in [1.82, 2.24) is 19.7 Å². The number of rotatable bonds is 11. The highest BCUT2D eigenvalue weighted by Crippen LogP contribution is 2.27. The van der Waals surface area contributed by atoms with Gasteiger partial charge in [-0.25, -0.2) is 18.4 Å². The van der Waals surface area contributed by atoms with Crippen LogP contribution in [0.2, 0.25) is 0 Å². The molecule has 4 rings (SSSR count). The van der Waals surface area contributed by atoms with E-state index in [9.17, 15) is 13.9 Å². The van der Waals surface area contributed by atoms with Crippen LogP contribution in [0, 0.1) is 11.6 Å². The lowest BCUT2D eigenvalue weighted by molar-refractivity contribution is 0.0208. The second kappa shape index (κ2) is 12.0. The molecule has 1 N–H and O–H groups in total. The standard InChI is InChI=1S/C26H31F2N5O2/c27-21-8-9-24(25(28)16-21)26(34,18-33-20-29-19-31-33)17-30-22-10-13-32(14-11-22)12-4-5-15-35-23-6-2-1-3-7-23/h1-3,6-9,16,19-20,34H,4-5,10-15,17-18H2. The number of piperidine rings is 1. The van der Waals surface area contributed by atoms with Crippen molar-refractivity contribution in [3.05, 3.63) is 78.4 Å². The Morgan fingerprint density at radius 3 is 2.57 bits per heavy atom. The zero-order valence-corrected chi connectivity index (χ0v) is 19.7. The molecule has 0 bridgehead atoms. The molecule has 1 aromatic heterocycles. The van der Waals surface area contributed by atoms with Crippen LogP contribution in [0.1, 0.15) is 31.2 Å². The van der Waals surface area contributed by atoms with E-state index in [1.165, 1.54) is 23.4 Å². The number of likely N-dealkylation sites (tertiary alicyclic amines) is 1. The van der Waals surface area contributed by atoms with Crippen LogP contribution in [0.5, 0.6) is 5.75 Å². The second-order valence-corrected chi connectivity index (χ2v) is 8.84. The lowest BCUT2D eigenvalue weighted by atomic mass is 9.92. The first kappa shape index (κ1) is 24.9. The number of aliphatic hydroxyl groups is 1. The van der Waals surface area contributed by atoms with Gasteiger partial charge < -0.3 is 14.7 Å². The van der Waals surface area contributed by atoms with Crippen LogP contribution in [0.3, 0.4) is 0 Å². The largest absolute Gasteiger partial charge is 0.494 e. The minimum Gasteiger partial charge on any atom is -0.494 e. The molecular weight excluding hydrogens is 452 g/mol. The molecule has 0 amide bonds. The molecule has 0 spiro atoms. The van der Waals surface area contributed by atoms with Crippen molar-refractivity contribution in [3.63, 3.8) is 0 Å². The molecular formula is C26H31F2N5O2. The SMILES string of the molecule is OC(CN=C1CCN(CCCCOc2ccccc2)CC1)(Cn1cncn1)c1ccc(F)cc1F. The predicted molar refractivity (Wildman–Crippen MR) is 129 cm³/mol. The van der Waals surface area contributed by atoms with Crippen LogP contribution < -0.4 is 4.74 Å². The summed E-state index contributed by atoms with van der Waals surface area (Å²) in [6.45, 7) is 3.41. The van der Waals surface area contributed by atoms with Crippen LogP contribution in [-0.2, 0) is 12.1 Å². The van der Waals surface area contributed by atoms with Gasteiger partial charge in [0.05, 0.1) is 19.7 Å². The summed E-state index contributed by atoms with van der Waals surface area (Å²) in [5, 5.41) is 15.4. The summed E-state index contributed by atoms with van der Waals surface area (Å²) in [5.74, 6) is -0.603. The summed E-state index contributed by atoms with van der Waals surface area (Å²) in [4.78, 5) is 10.9. The Kier molecular flexibility index (Phi) is 8.54. The summed E-state index contributed by atoms with van der Waals surface area (Å²) < 4.78 is 35.2. The smallest absolute Gasteiger partial charge is 0.137 e. The molecule has 1 aliphatic rings. The van der Waals surface area contributed by atoms with E-state index >= 15 is 0 Å². The number of aromatic nitrogens is 3. The minimum absolute atomic E-state index is 0.00564. The third-order valence-corrected chi connectivity index (χ3v) is 6.20. The van der Waals surface area contributed by atoms with Crippen LogP contribution in [0.4, 0.5) is 8.78 Å². The van der Waals surface area contributed by atoms with E-state index in [4.69, 9.17) is 4.74 Å². The topological polar surface area (TPSA) is 75.8 Å². The number of nitrogens with zero attached hydrogens (tertiary/aromatic N) is 5. The fraction of sp³-hybridized carbons (Fsp3) is 0.423. The molecule has 35 heavy (non-hydrogen) atoms. The molecule has 2 aromatic carbocycles. The van der Waals surface area contributed by atoms with Gasteiger partial charge in [0.15, 0.2) is 0 Å². The van der Waals surface area contributed by atoms with Gasteiger partial charge in [-0.2, -0.15) is 5.10 Å². The van der Waals surface area contributed by atoms with Crippen molar-refractivity contribution in [2.75, 3.05) is 32.8 Å². The number of benzene rings is 2. The highest BCUT2D eigenvalue weighted by Gasteiger charge is 2.33. The van der Waals surface area contributed by atoms with Gasteiger partial charge in [-0.3, -0.25) is 4.99 Å². The van der Waals surface area contributed by atoms with Crippen molar-refractivity contribution in [2.45, 2.75) is 37.8 Å². The van der Waals surface area contributed by atoms with Gasteiger partial charge in [0.2, 0.25) is 0 Å². The number of ether oxygens (including phenoxy) is 1. The molecule has 0 radical (unpaired) electrons. The molecule has 1 atom stereocenters. The van der Waals surface area contributed by atoms with E-state index in [0.29, 0.717) is 6.61 Å². The molecule has 1 saturated heterocycles. The highest BCUT2D eigenvalue weighted by atomic mass is 19.1. The number of aliphatic imine (C=N–C) groups is 1. The van der Waals surface area contributed by atoms with E-state index in [0.717, 1.165) is 68.9 Å². The third kappa shape index (κ3) is 7.16. The molecule has 9 heteroatoms. The summed E-state index contributed by atoms with van der Waals surface area (Å²) in [7, 11) is 0. The molecule has 0 aliphatic carbocycles. The Morgan fingerprint density at radius 2 is 1.86 bits per heavy atom. The molecule has 2 heterocycles. The average Bonchev–Trinajstić information content (AvgIpc) is 3.36. The van der Waals surface area contributed by atoms with E-state index in [1.807, 2.05) is 30.3 Å². The average molecular weight is 484 g/mol. The first-order valence-electron chi connectivity index (χ1n) is 11.9. The molecule has 1 aliphatic heterocycles. The monoisotopic (exact) mass is 483 g/mol. The number of unbranched alkanes of at least 4 members (excludes halogenated alkanes) is 1. The number of halogens is 2. The van der Waals surface area contributed by atoms with Crippen molar-refractivity contribution in [2.24, 2.45) is 4.99 Å². The number of para-hydroxylation sites is 1. The van der Waals surface area contributed by atoms with Gasteiger partial charge in [0.25, 0.3) is 0 Å². The van der Waals surface area contributed by atoms with Gasteiger partial charge in [-0.15, -0.1) is 0 Å². The molecule has 7 nitrogen and oxygen atoms in total. The Morgan fingerprint density at radius 1 is 1.06 bits per heavy atom. The normalized spacial score (nSPS) is 16.1. The van der Waals surface area contributed by atoms with Gasteiger partial charge in [-0.1, -0.05) is 24.3 Å².